The Balaban J connectivity index is 1.61. The van der Waals surface area contributed by atoms with Crippen LogP contribution in [0.1, 0.15) is 40.2 Å². The number of fused-ring (bicyclic) bond motifs is 3. The van der Waals surface area contributed by atoms with Crippen molar-refractivity contribution in [1.82, 2.24) is 15.1 Å². The third-order valence-electron chi connectivity index (χ3n) is 4.51. The van der Waals surface area contributed by atoms with Gasteiger partial charge in [-0.3, -0.25) is 14.9 Å². The molecule has 2 atom stereocenters. The van der Waals surface area contributed by atoms with Crippen molar-refractivity contribution in [2.75, 3.05) is 12.4 Å². The largest absolute Gasteiger partial charge is 0.377 e. The number of carbonyl (C=O) groups excluding carboxylic acids is 2. The van der Waals surface area contributed by atoms with Gasteiger partial charge in [-0.05, 0) is 25.5 Å². The number of rotatable bonds is 4. The van der Waals surface area contributed by atoms with Crippen LogP contribution < -0.4 is 5.32 Å². The average Bonchev–Trinajstić information content (AvgIpc) is 3.22. The number of amides is 2. The minimum absolute atomic E-state index is 0.0961. The number of thioether (sulfide) groups is 1. The molecule has 0 spiro atoms. The van der Waals surface area contributed by atoms with Crippen molar-refractivity contribution in [2.45, 2.75) is 36.6 Å². The summed E-state index contributed by atoms with van der Waals surface area (Å²) in [7, 11) is 1.58. The lowest BCUT2D eigenvalue weighted by Gasteiger charge is -2.29. The van der Waals surface area contributed by atoms with E-state index in [1.807, 2.05) is 38.1 Å². The van der Waals surface area contributed by atoms with Gasteiger partial charge in [-0.15, -0.1) is 22.0 Å². The minimum atomic E-state index is -0.591. The van der Waals surface area contributed by atoms with Gasteiger partial charge in [-0.1, -0.05) is 29.5 Å². The maximum absolute atomic E-state index is 13.0. The van der Waals surface area contributed by atoms with Gasteiger partial charge < -0.3 is 9.64 Å². The molecule has 3 heterocycles. The van der Waals surface area contributed by atoms with Gasteiger partial charge in [0.25, 0.3) is 5.91 Å². The van der Waals surface area contributed by atoms with E-state index in [1.165, 1.54) is 11.3 Å². The summed E-state index contributed by atoms with van der Waals surface area (Å²) in [6.45, 7) is 4.33. The number of methoxy groups -OCH3 is 1. The molecule has 9 heteroatoms. The van der Waals surface area contributed by atoms with Crippen molar-refractivity contribution >= 4 is 40.0 Å². The SMILES string of the molecule is COCc1nnc(NC(=O)[C@H]2N3C(=O)c4ccccc4[C@@H]3SC2(C)C)s1. The molecule has 7 nitrogen and oxygen atoms in total. The van der Waals surface area contributed by atoms with Gasteiger partial charge in [0.1, 0.15) is 23.0 Å². The van der Waals surface area contributed by atoms with Crippen molar-refractivity contribution in [3.05, 3.63) is 40.4 Å². The monoisotopic (exact) mass is 390 g/mol. The Hall–Kier alpha value is -1.97. The normalized spacial score (nSPS) is 23.0. The van der Waals surface area contributed by atoms with E-state index >= 15 is 0 Å². The molecule has 2 aliphatic rings. The van der Waals surface area contributed by atoms with E-state index < -0.39 is 10.8 Å². The molecule has 1 saturated heterocycles. The number of hydrogen-bond donors (Lipinski definition) is 1. The summed E-state index contributed by atoms with van der Waals surface area (Å²) in [4.78, 5) is 27.6. The number of nitrogens with zero attached hydrogens (tertiary/aromatic N) is 3. The number of hydrogen-bond acceptors (Lipinski definition) is 7. The van der Waals surface area contributed by atoms with Gasteiger partial charge in [0.05, 0.1) is 0 Å². The molecule has 2 amide bonds. The number of aromatic nitrogens is 2. The Bertz CT molecular complexity index is 882. The molecule has 136 valence electrons. The smallest absolute Gasteiger partial charge is 0.256 e. The Labute approximate surface area is 159 Å². The third-order valence-corrected chi connectivity index (χ3v) is 6.86. The number of nitrogens with one attached hydrogen (secondary N) is 1. The Morgan fingerprint density at radius 3 is 2.88 bits per heavy atom. The second-order valence-corrected chi connectivity index (χ2v) is 9.50. The fourth-order valence-corrected chi connectivity index (χ4v) is 5.77. The van der Waals surface area contributed by atoms with Crippen molar-refractivity contribution < 1.29 is 14.3 Å². The first-order valence-corrected chi connectivity index (χ1v) is 9.83. The van der Waals surface area contributed by atoms with Crippen LogP contribution in [0.15, 0.2) is 24.3 Å². The summed E-state index contributed by atoms with van der Waals surface area (Å²) >= 11 is 2.91. The first-order valence-electron chi connectivity index (χ1n) is 8.14. The van der Waals surface area contributed by atoms with Gasteiger partial charge in [-0.25, -0.2) is 0 Å². The first-order chi connectivity index (χ1) is 12.4. The van der Waals surface area contributed by atoms with Gasteiger partial charge in [0.15, 0.2) is 0 Å². The standard InChI is InChI=1S/C17H18N4O3S2/c1-17(2)12(13(22)18-16-20-19-11(25-16)8-24-3)21-14(23)9-6-4-5-7-10(9)15(21)26-17/h4-7,12,15H,8H2,1-3H3,(H,18,20,22)/t12-,15+/m1/s1. The highest BCUT2D eigenvalue weighted by molar-refractivity contribution is 8.01. The summed E-state index contributed by atoms with van der Waals surface area (Å²) in [5.74, 6) is -0.340. The predicted molar refractivity (Wildman–Crippen MR) is 100 cm³/mol. The second kappa shape index (κ2) is 6.33. The number of benzene rings is 1. The van der Waals surface area contributed by atoms with Crippen molar-refractivity contribution in [3.8, 4) is 0 Å². The summed E-state index contributed by atoms with van der Waals surface area (Å²) in [5.41, 5.74) is 1.65. The van der Waals surface area contributed by atoms with E-state index in [0.29, 0.717) is 22.3 Å². The lowest BCUT2D eigenvalue weighted by Crippen LogP contribution is -2.50. The topological polar surface area (TPSA) is 84.4 Å². The van der Waals surface area contributed by atoms with Gasteiger partial charge >= 0.3 is 0 Å². The van der Waals surface area contributed by atoms with Gasteiger partial charge in [-0.2, -0.15) is 0 Å². The highest BCUT2D eigenvalue weighted by Gasteiger charge is 2.57. The van der Waals surface area contributed by atoms with Crippen LogP contribution in [0.2, 0.25) is 0 Å². The molecule has 0 bridgehead atoms. The molecule has 2 aromatic rings. The summed E-state index contributed by atoms with van der Waals surface area (Å²) in [5, 5.41) is 11.7. The van der Waals surface area contributed by atoms with E-state index in [1.54, 1.807) is 23.8 Å². The quantitative estimate of drug-likeness (QED) is 0.864. The molecule has 26 heavy (non-hydrogen) atoms. The fraction of sp³-hybridized carbons (Fsp3) is 0.412. The molecule has 1 aromatic heterocycles. The van der Waals surface area contributed by atoms with Crippen LogP contribution in [0.3, 0.4) is 0 Å². The van der Waals surface area contributed by atoms with Crippen LogP contribution in [0.4, 0.5) is 5.13 Å². The van der Waals surface area contributed by atoms with E-state index in [0.717, 1.165) is 5.56 Å². The lowest BCUT2D eigenvalue weighted by molar-refractivity contribution is -0.121. The second-order valence-electron chi connectivity index (χ2n) is 6.70. The lowest BCUT2D eigenvalue weighted by atomic mass is 10.0. The molecule has 4 rings (SSSR count). The van der Waals surface area contributed by atoms with Crippen LogP contribution in [-0.4, -0.2) is 44.8 Å². The zero-order valence-electron chi connectivity index (χ0n) is 14.6. The molecule has 0 aliphatic carbocycles. The highest BCUT2D eigenvalue weighted by atomic mass is 32.2. The molecule has 1 N–H and O–H groups in total. The minimum Gasteiger partial charge on any atom is -0.377 e. The highest BCUT2D eigenvalue weighted by Crippen LogP contribution is 2.56. The van der Waals surface area contributed by atoms with Crippen LogP contribution in [-0.2, 0) is 16.1 Å². The van der Waals surface area contributed by atoms with Crippen LogP contribution in [0, 0.1) is 0 Å². The van der Waals surface area contributed by atoms with Gasteiger partial charge in [0, 0.05) is 17.4 Å². The predicted octanol–water partition coefficient (Wildman–Crippen LogP) is 2.67. The van der Waals surface area contributed by atoms with E-state index in [4.69, 9.17) is 4.74 Å². The average molecular weight is 390 g/mol. The Morgan fingerprint density at radius 1 is 1.35 bits per heavy atom. The zero-order chi connectivity index (χ0) is 18.5. The first kappa shape index (κ1) is 17.4. The fourth-order valence-electron chi connectivity index (χ4n) is 3.46. The van der Waals surface area contributed by atoms with Crippen LogP contribution in [0.5, 0.6) is 0 Å². The molecular formula is C17H18N4O3S2. The third kappa shape index (κ3) is 2.70. The molecular weight excluding hydrogens is 372 g/mol. The van der Waals surface area contributed by atoms with Crippen molar-refractivity contribution in [1.29, 1.82) is 0 Å². The van der Waals surface area contributed by atoms with Crippen molar-refractivity contribution in [3.63, 3.8) is 0 Å². The van der Waals surface area contributed by atoms with E-state index in [-0.39, 0.29) is 17.2 Å². The Morgan fingerprint density at radius 2 is 2.12 bits per heavy atom. The van der Waals surface area contributed by atoms with E-state index in [9.17, 15) is 9.59 Å². The van der Waals surface area contributed by atoms with Crippen molar-refractivity contribution in [2.24, 2.45) is 0 Å². The maximum Gasteiger partial charge on any atom is 0.256 e. The summed E-state index contributed by atoms with van der Waals surface area (Å²) < 4.78 is 4.61. The number of carbonyl (C=O) groups is 2. The Kier molecular flexibility index (Phi) is 4.25. The van der Waals surface area contributed by atoms with E-state index in [2.05, 4.69) is 15.5 Å². The molecule has 0 saturated carbocycles. The summed E-state index contributed by atoms with van der Waals surface area (Å²) in [6, 6.07) is 6.97. The van der Waals surface area contributed by atoms with Crippen LogP contribution >= 0.6 is 23.1 Å². The van der Waals surface area contributed by atoms with Gasteiger partial charge in [0.2, 0.25) is 11.0 Å². The molecule has 1 aromatic carbocycles. The molecule has 1 fully saturated rings. The maximum atomic E-state index is 13.0. The molecule has 0 radical (unpaired) electrons. The zero-order valence-corrected chi connectivity index (χ0v) is 16.2. The summed E-state index contributed by atoms with van der Waals surface area (Å²) in [6.07, 6.45) is 0. The molecule has 2 aliphatic heterocycles. The molecule has 0 unspecified atom stereocenters. The number of anilines is 1. The number of ether oxygens (including phenoxy) is 1. The van der Waals surface area contributed by atoms with Crippen LogP contribution in [0.25, 0.3) is 0 Å².